The minimum Gasteiger partial charge on any atom is -0.346 e. The average molecular weight is 371 g/mol. The van der Waals surface area contributed by atoms with Crippen LogP contribution in [-0.4, -0.2) is 28.4 Å². The molecule has 1 unspecified atom stereocenters. The minimum atomic E-state index is -0.0914. The molecule has 0 aliphatic rings. The number of quaternary nitrogens is 1. The monoisotopic (exact) mass is 371 g/mol. The van der Waals surface area contributed by atoms with E-state index in [4.69, 9.17) is 0 Å². The van der Waals surface area contributed by atoms with Crippen molar-refractivity contribution in [1.29, 1.82) is 0 Å². The molecule has 2 N–H and O–H groups in total. The summed E-state index contributed by atoms with van der Waals surface area (Å²) in [5.74, 6) is 0.00314. The van der Waals surface area contributed by atoms with Crippen LogP contribution in [0.2, 0.25) is 0 Å². The molecule has 0 saturated carbocycles. The van der Waals surface area contributed by atoms with Crippen molar-refractivity contribution in [1.82, 2.24) is 14.7 Å². The predicted molar refractivity (Wildman–Crippen MR) is 102 cm³/mol. The number of rotatable bonds is 7. The van der Waals surface area contributed by atoms with Crippen molar-refractivity contribution in [3.8, 4) is 0 Å². The lowest BCUT2D eigenvalue weighted by Crippen LogP contribution is -3.11. The highest BCUT2D eigenvalue weighted by Gasteiger charge is 2.15. The van der Waals surface area contributed by atoms with Gasteiger partial charge >= 0.3 is 0 Å². The number of likely N-dealkylation sites (N-methyl/N-ethyl adjacent to an activating group) is 1. The van der Waals surface area contributed by atoms with Crippen LogP contribution in [0.5, 0.6) is 0 Å². The SMILES string of the molecule is CC[NH+](CC(=O)NCc1cccs1)Cc1cc(=O)n2cc(C)ccc2n1. The van der Waals surface area contributed by atoms with E-state index in [1.165, 1.54) is 0 Å². The molecule has 0 fully saturated rings. The van der Waals surface area contributed by atoms with Gasteiger partial charge in [-0.25, -0.2) is 4.98 Å². The molecule has 3 aromatic rings. The maximum absolute atomic E-state index is 12.3. The van der Waals surface area contributed by atoms with Crippen LogP contribution < -0.4 is 15.8 Å². The summed E-state index contributed by atoms with van der Waals surface area (Å²) in [7, 11) is 0. The molecule has 0 aliphatic carbocycles. The fraction of sp³-hybridized carbons (Fsp3) is 0.316. The summed E-state index contributed by atoms with van der Waals surface area (Å²) < 4.78 is 1.55. The lowest BCUT2D eigenvalue weighted by molar-refractivity contribution is -0.904. The molecule has 0 aromatic carbocycles. The number of carbonyl (C=O) groups is 1. The van der Waals surface area contributed by atoms with E-state index in [1.54, 1.807) is 28.0 Å². The molecule has 3 heterocycles. The van der Waals surface area contributed by atoms with E-state index in [2.05, 4.69) is 10.3 Å². The van der Waals surface area contributed by atoms with E-state index in [-0.39, 0.29) is 11.5 Å². The summed E-state index contributed by atoms with van der Waals surface area (Å²) in [6.45, 7) is 6.21. The van der Waals surface area contributed by atoms with Crippen molar-refractivity contribution in [2.24, 2.45) is 0 Å². The second-order valence-electron chi connectivity index (χ2n) is 6.33. The maximum Gasteiger partial charge on any atom is 0.275 e. The van der Waals surface area contributed by atoms with Gasteiger partial charge in [0.15, 0.2) is 6.54 Å². The molecule has 0 radical (unpaired) electrons. The molecule has 136 valence electrons. The largest absolute Gasteiger partial charge is 0.346 e. The zero-order valence-electron chi connectivity index (χ0n) is 15.0. The van der Waals surface area contributed by atoms with Crippen LogP contribution in [0.1, 0.15) is 23.1 Å². The number of thiophene rings is 1. The smallest absolute Gasteiger partial charge is 0.275 e. The zero-order chi connectivity index (χ0) is 18.5. The Morgan fingerprint density at radius 1 is 1.35 bits per heavy atom. The van der Waals surface area contributed by atoms with Gasteiger partial charge in [-0.1, -0.05) is 12.1 Å². The van der Waals surface area contributed by atoms with Gasteiger partial charge in [-0.05, 0) is 36.9 Å². The Bertz CT molecular complexity index is 950. The second kappa shape index (κ2) is 8.25. The molecular weight excluding hydrogens is 348 g/mol. The third-order valence-electron chi connectivity index (χ3n) is 4.24. The number of hydrogen-bond donors (Lipinski definition) is 2. The molecule has 0 bridgehead atoms. The first-order valence-electron chi connectivity index (χ1n) is 8.66. The molecule has 0 aliphatic heterocycles. The van der Waals surface area contributed by atoms with Crippen molar-refractivity contribution in [2.45, 2.75) is 26.9 Å². The van der Waals surface area contributed by atoms with Gasteiger partial charge in [0.1, 0.15) is 17.9 Å². The highest BCUT2D eigenvalue weighted by atomic mass is 32.1. The summed E-state index contributed by atoms with van der Waals surface area (Å²) in [5.41, 5.74) is 2.26. The van der Waals surface area contributed by atoms with E-state index in [9.17, 15) is 9.59 Å². The number of nitrogens with zero attached hydrogens (tertiary/aromatic N) is 2. The molecule has 1 atom stereocenters. The van der Waals surface area contributed by atoms with Crippen LogP contribution in [0.25, 0.3) is 5.65 Å². The number of amides is 1. The van der Waals surface area contributed by atoms with Crippen LogP contribution in [-0.2, 0) is 17.9 Å². The normalized spacial score (nSPS) is 12.2. The van der Waals surface area contributed by atoms with E-state index in [0.29, 0.717) is 31.0 Å². The molecule has 0 spiro atoms. The number of aryl methyl sites for hydroxylation is 1. The van der Waals surface area contributed by atoms with Crippen LogP contribution in [0, 0.1) is 6.92 Å². The van der Waals surface area contributed by atoms with Gasteiger partial charge in [-0.3, -0.25) is 14.0 Å². The highest BCUT2D eigenvalue weighted by Crippen LogP contribution is 2.07. The summed E-state index contributed by atoms with van der Waals surface area (Å²) in [5, 5.41) is 4.94. The van der Waals surface area contributed by atoms with Crippen molar-refractivity contribution < 1.29 is 9.69 Å². The fourth-order valence-electron chi connectivity index (χ4n) is 2.81. The van der Waals surface area contributed by atoms with E-state index < -0.39 is 0 Å². The summed E-state index contributed by atoms with van der Waals surface area (Å²) in [6.07, 6.45) is 1.79. The Labute approximate surface area is 156 Å². The van der Waals surface area contributed by atoms with Crippen molar-refractivity contribution in [2.75, 3.05) is 13.1 Å². The van der Waals surface area contributed by atoms with Crippen LogP contribution in [0.4, 0.5) is 0 Å². The molecule has 3 rings (SSSR count). The Balaban J connectivity index is 1.65. The predicted octanol–water partition coefficient (Wildman–Crippen LogP) is 0.786. The maximum atomic E-state index is 12.3. The number of fused-ring (bicyclic) bond motifs is 1. The van der Waals surface area contributed by atoms with Crippen molar-refractivity contribution in [3.63, 3.8) is 0 Å². The van der Waals surface area contributed by atoms with Gasteiger partial charge in [0, 0.05) is 17.1 Å². The van der Waals surface area contributed by atoms with E-state index >= 15 is 0 Å². The number of pyridine rings is 1. The topological polar surface area (TPSA) is 67.9 Å². The zero-order valence-corrected chi connectivity index (χ0v) is 15.8. The highest BCUT2D eigenvalue weighted by molar-refractivity contribution is 7.09. The Hall–Kier alpha value is -2.51. The standard InChI is InChI=1S/C19H22N4O2S/c1-3-22(13-18(24)20-10-16-5-4-8-26-16)12-15-9-19(25)23-11-14(2)6-7-17(23)21-15/h4-9,11H,3,10,12-13H2,1-2H3,(H,20,24)/p+1. The Morgan fingerprint density at radius 3 is 2.92 bits per heavy atom. The van der Waals surface area contributed by atoms with Gasteiger partial charge in [0.05, 0.1) is 13.1 Å². The Kier molecular flexibility index (Phi) is 5.80. The Morgan fingerprint density at radius 2 is 2.19 bits per heavy atom. The van der Waals surface area contributed by atoms with Crippen LogP contribution in [0.3, 0.4) is 0 Å². The van der Waals surface area contributed by atoms with Gasteiger partial charge in [0.2, 0.25) is 0 Å². The van der Waals surface area contributed by atoms with E-state index in [0.717, 1.165) is 21.9 Å². The molecular formula is C19H23N4O2S+. The lowest BCUT2D eigenvalue weighted by atomic mass is 10.3. The fourth-order valence-corrected chi connectivity index (χ4v) is 3.45. The van der Waals surface area contributed by atoms with Crippen LogP contribution in [0.15, 0.2) is 46.7 Å². The van der Waals surface area contributed by atoms with Crippen molar-refractivity contribution in [3.05, 3.63) is 68.4 Å². The quantitative estimate of drug-likeness (QED) is 0.645. The molecule has 6 nitrogen and oxygen atoms in total. The summed E-state index contributed by atoms with van der Waals surface area (Å²) in [6, 6.07) is 9.32. The second-order valence-corrected chi connectivity index (χ2v) is 7.37. The number of nitrogens with one attached hydrogen (secondary N) is 2. The third-order valence-corrected chi connectivity index (χ3v) is 5.12. The lowest BCUT2D eigenvalue weighted by Gasteiger charge is -2.17. The first-order chi connectivity index (χ1) is 12.5. The third kappa shape index (κ3) is 4.56. The number of aromatic nitrogens is 2. The molecule has 1 amide bonds. The number of carbonyl (C=O) groups excluding carboxylic acids is 1. The first kappa shape index (κ1) is 18.3. The average Bonchev–Trinajstić information content (AvgIpc) is 3.14. The molecule has 26 heavy (non-hydrogen) atoms. The van der Waals surface area contributed by atoms with Gasteiger partial charge in [-0.2, -0.15) is 0 Å². The van der Waals surface area contributed by atoms with Gasteiger partial charge in [0.25, 0.3) is 11.5 Å². The minimum absolute atomic E-state index is 0.00314. The van der Waals surface area contributed by atoms with Gasteiger partial charge in [-0.15, -0.1) is 11.3 Å². The summed E-state index contributed by atoms with van der Waals surface area (Å²) >= 11 is 1.63. The van der Waals surface area contributed by atoms with Gasteiger partial charge < -0.3 is 10.2 Å². The molecule has 7 heteroatoms. The number of hydrogen-bond acceptors (Lipinski definition) is 4. The summed E-state index contributed by atoms with van der Waals surface area (Å²) in [4.78, 5) is 31.3. The molecule has 0 saturated heterocycles. The van der Waals surface area contributed by atoms with Crippen molar-refractivity contribution >= 4 is 22.9 Å². The molecule has 3 aromatic heterocycles. The van der Waals surface area contributed by atoms with Crippen LogP contribution >= 0.6 is 11.3 Å². The van der Waals surface area contributed by atoms with E-state index in [1.807, 2.05) is 43.5 Å². The first-order valence-corrected chi connectivity index (χ1v) is 9.54.